The number of methoxy groups -OCH3 is 2. The first-order valence-electron chi connectivity index (χ1n) is 7.39. The van der Waals surface area contributed by atoms with Crippen LogP contribution in [0.15, 0.2) is 42.5 Å². The van der Waals surface area contributed by atoms with E-state index in [0.29, 0.717) is 22.6 Å². The Morgan fingerprint density at radius 3 is 2.64 bits per heavy atom. The normalized spacial score (nSPS) is 10.5. The maximum Gasteiger partial charge on any atom is 0.205 e. The molecule has 0 aliphatic heterocycles. The molecule has 1 heterocycles. The van der Waals surface area contributed by atoms with Crippen molar-refractivity contribution in [1.29, 1.82) is 0 Å². The third-order valence-electron chi connectivity index (χ3n) is 3.53. The van der Waals surface area contributed by atoms with Crippen molar-refractivity contribution in [2.75, 3.05) is 14.2 Å². The lowest BCUT2D eigenvalue weighted by Gasteiger charge is -2.08. The molecule has 0 amide bonds. The second-order valence-corrected chi connectivity index (χ2v) is 5.15. The lowest BCUT2D eigenvalue weighted by molar-refractivity contribution is 0.0961. The summed E-state index contributed by atoms with van der Waals surface area (Å²) in [5, 5.41) is 11.8. The fourth-order valence-corrected chi connectivity index (χ4v) is 2.28. The molecule has 0 spiro atoms. The molecule has 1 aromatic heterocycles. The molecule has 0 fully saturated rings. The monoisotopic (exact) mass is 342 g/mol. The Hall–Kier alpha value is -3.29. The van der Waals surface area contributed by atoms with Gasteiger partial charge < -0.3 is 9.47 Å². The van der Waals surface area contributed by atoms with Crippen LogP contribution in [0, 0.1) is 5.82 Å². The second-order valence-electron chi connectivity index (χ2n) is 5.15. The summed E-state index contributed by atoms with van der Waals surface area (Å²) >= 11 is 0. The maximum absolute atomic E-state index is 13.3. The molecule has 3 aromatic rings. The van der Waals surface area contributed by atoms with Crippen LogP contribution in [0.1, 0.15) is 10.4 Å². The molecule has 0 bridgehead atoms. The minimum Gasteiger partial charge on any atom is -0.493 e. The molecule has 128 valence electrons. The highest BCUT2D eigenvalue weighted by Gasteiger charge is 2.14. The summed E-state index contributed by atoms with van der Waals surface area (Å²) in [6, 6.07) is 10.7. The zero-order valence-electron chi connectivity index (χ0n) is 13.6. The van der Waals surface area contributed by atoms with Crippen molar-refractivity contribution in [3.05, 3.63) is 53.8 Å². The van der Waals surface area contributed by atoms with Gasteiger partial charge in [-0.15, -0.1) is 10.2 Å². The minimum atomic E-state index is -0.393. The molecule has 0 saturated heterocycles. The molecule has 0 saturated carbocycles. The Labute approximate surface area is 143 Å². The number of ketones is 1. The average molecular weight is 342 g/mol. The van der Waals surface area contributed by atoms with Gasteiger partial charge in [-0.1, -0.05) is 12.1 Å². The Bertz CT molecular complexity index is 910. The highest BCUT2D eigenvalue weighted by molar-refractivity contribution is 5.96. The maximum atomic E-state index is 13.3. The van der Waals surface area contributed by atoms with Crippen molar-refractivity contribution in [2.45, 2.75) is 6.54 Å². The highest BCUT2D eigenvalue weighted by Crippen LogP contribution is 2.27. The van der Waals surface area contributed by atoms with Gasteiger partial charge >= 0.3 is 0 Å². The predicted molar refractivity (Wildman–Crippen MR) is 87.1 cm³/mol. The number of aromatic nitrogens is 4. The summed E-state index contributed by atoms with van der Waals surface area (Å²) in [4.78, 5) is 13.6. The number of halogens is 1. The number of rotatable bonds is 6. The topological polar surface area (TPSA) is 79.1 Å². The van der Waals surface area contributed by atoms with Gasteiger partial charge in [0, 0.05) is 11.1 Å². The van der Waals surface area contributed by atoms with E-state index in [-0.39, 0.29) is 18.2 Å². The van der Waals surface area contributed by atoms with Gasteiger partial charge in [-0.3, -0.25) is 4.79 Å². The Kier molecular flexibility index (Phi) is 4.69. The number of hydrogen-bond donors (Lipinski definition) is 0. The molecule has 0 atom stereocenters. The lowest BCUT2D eigenvalue weighted by Crippen LogP contribution is -2.13. The van der Waals surface area contributed by atoms with E-state index in [2.05, 4.69) is 15.4 Å². The number of carbonyl (C=O) groups is 1. The summed E-state index contributed by atoms with van der Waals surface area (Å²) in [6.45, 7) is -0.0994. The molecule has 8 heteroatoms. The van der Waals surface area contributed by atoms with Crippen LogP contribution in [-0.4, -0.2) is 40.2 Å². The smallest absolute Gasteiger partial charge is 0.205 e. The molecular formula is C17H15FN4O3. The van der Waals surface area contributed by atoms with E-state index in [0.717, 1.165) is 0 Å². The molecule has 0 N–H and O–H groups in total. The second kappa shape index (κ2) is 7.08. The van der Waals surface area contributed by atoms with Crippen molar-refractivity contribution in [3.8, 4) is 22.9 Å². The van der Waals surface area contributed by atoms with Gasteiger partial charge in [0.25, 0.3) is 0 Å². The number of tetrazole rings is 1. The minimum absolute atomic E-state index is 0.0994. The lowest BCUT2D eigenvalue weighted by atomic mass is 10.1. The molecule has 0 radical (unpaired) electrons. The number of hydrogen-bond acceptors (Lipinski definition) is 6. The van der Waals surface area contributed by atoms with Crippen LogP contribution >= 0.6 is 0 Å². The first-order chi connectivity index (χ1) is 12.1. The summed E-state index contributed by atoms with van der Waals surface area (Å²) in [7, 11) is 3.02. The number of carbonyl (C=O) groups excluding carboxylic acids is 1. The van der Waals surface area contributed by atoms with E-state index >= 15 is 0 Å². The first-order valence-corrected chi connectivity index (χ1v) is 7.39. The van der Waals surface area contributed by atoms with E-state index < -0.39 is 5.82 Å². The van der Waals surface area contributed by atoms with Crippen LogP contribution in [0.3, 0.4) is 0 Å². The Morgan fingerprint density at radius 1 is 1.12 bits per heavy atom. The fourth-order valence-electron chi connectivity index (χ4n) is 2.28. The standard InChI is InChI=1S/C17H15FN4O3/c1-24-15-7-6-11(9-16(15)25-2)14(23)10-22-20-17(19-21-22)12-4-3-5-13(18)8-12/h3-9H,10H2,1-2H3. The van der Waals surface area contributed by atoms with Crippen LogP contribution in [-0.2, 0) is 6.54 Å². The van der Waals surface area contributed by atoms with Gasteiger partial charge in [0.2, 0.25) is 5.82 Å². The van der Waals surface area contributed by atoms with Gasteiger partial charge in [-0.25, -0.2) is 4.39 Å². The molecule has 0 aliphatic carbocycles. The highest BCUT2D eigenvalue weighted by atomic mass is 19.1. The summed E-state index contributed by atoms with van der Waals surface area (Å²) in [5.74, 6) is 0.630. The number of ether oxygens (including phenoxy) is 2. The molecule has 25 heavy (non-hydrogen) atoms. The van der Waals surface area contributed by atoms with Gasteiger partial charge in [0.15, 0.2) is 17.3 Å². The zero-order valence-corrected chi connectivity index (χ0v) is 13.6. The SMILES string of the molecule is COc1ccc(C(=O)Cn2nnc(-c3cccc(F)c3)n2)cc1OC. The van der Waals surface area contributed by atoms with Crippen LogP contribution in [0.4, 0.5) is 4.39 Å². The van der Waals surface area contributed by atoms with Crippen LogP contribution in [0.5, 0.6) is 11.5 Å². The fraction of sp³-hybridized carbons (Fsp3) is 0.176. The van der Waals surface area contributed by atoms with Gasteiger partial charge in [-0.2, -0.15) is 4.80 Å². The number of nitrogens with zero attached hydrogens (tertiary/aromatic N) is 4. The predicted octanol–water partition coefficient (Wildman–Crippen LogP) is 2.38. The molecule has 7 nitrogen and oxygen atoms in total. The summed E-state index contributed by atoms with van der Waals surface area (Å²) in [6.07, 6.45) is 0. The zero-order chi connectivity index (χ0) is 17.8. The third kappa shape index (κ3) is 3.63. The van der Waals surface area contributed by atoms with Crippen LogP contribution in [0.2, 0.25) is 0 Å². The summed E-state index contributed by atoms with van der Waals surface area (Å²) < 4.78 is 23.6. The van der Waals surface area contributed by atoms with E-state index in [9.17, 15) is 9.18 Å². The quantitative estimate of drug-likeness (QED) is 0.640. The summed E-state index contributed by atoms with van der Waals surface area (Å²) in [5.41, 5.74) is 0.923. The van der Waals surface area contributed by atoms with Gasteiger partial charge in [0.05, 0.1) is 14.2 Å². The molecule has 3 rings (SSSR count). The molecule has 2 aromatic carbocycles. The Morgan fingerprint density at radius 2 is 1.92 bits per heavy atom. The average Bonchev–Trinajstić information content (AvgIpc) is 3.09. The van der Waals surface area contributed by atoms with Crippen molar-refractivity contribution < 1.29 is 18.7 Å². The van der Waals surface area contributed by atoms with E-state index in [1.165, 1.54) is 31.1 Å². The number of Topliss-reactive ketones (excluding diaryl/α,β-unsaturated/α-hetero) is 1. The van der Waals surface area contributed by atoms with Crippen molar-refractivity contribution >= 4 is 5.78 Å². The van der Waals surface area contributed by atoms with E-state index in [1.54, 1.807) is 30.3 Å². The molecular weight excluding hydrogens is 327 g/mol. The molecule has 0 aliphatic rings. The van der Waals surface area contributed by atoms with E-state index in [1.807, 2.05) is 0 Å². The van der Waals surface area contributed by atoms with Crippen molar-refractivity contribution in [3.63, 3.8) is 0 Å². The molecule has 0 unspecified atom stereocenters. The third-order valence-corrected chi connectivity index (χ3v) is 3.53. The number of benzene rings is 2. The Balaban J connectivity index is 1.78. The van der Waals surface area contributed by atoms with Crippen molar-refractivity contribution in [2.24, 2.45) is 0 Å². The van der Waals surface area contributed by atoms with Crippen molar-refractivity contribution in [1.82, 2.24) is 20.2 Å². The van der Waals surface area contributed by atoms with E-state index in [4.69, 9.17) is 9.47 Å². The first kappa shape index (κ1) is 16.6. The van der Waals surface area contributed by atoms with Crippen LogP contribution < -0.4 is 9.47 Å². The van der Waals surface area contributed by atoms with Gasteiger partial charge in [0.1, 0.15) is 12.4 Å². The van der Waals surface area contributed by atoms with Gasteiger partial charge in [-0.05, 0) is 35.5 Å². The van der Waals surface area contributed by atoms with Crippen LogP contribution in [0.25, 0.3) is 11.4 Å². The largest absolute Gasteiger partial charge is 0.493 e.